The van der Waals surface area contributed by atoms with Crippen LogP contribution >= 0.6 is 0 Å². The van der Waals surface area contributed by atoms with E-state index >= 15 is 0 Å². The number of aromatic nitrogens is 1. The van der Waals surface area contributed by atoms with Gasteiger partial charge in [-0.1, -0.05) is 6.07 Å². The maximum absolute atomic E-state index is 5.73. The predicted octanol–water partition coefficient (Wildman–Crippen LogP) is 1.91. The number of pyridine rings is 1. The molecule has 0 saturated heterocycles. The molecule has 0 radical (unpaired) electrons. The van der Waals surface area contributed by atoms with E-state index in [0.717, 1.165) is 5.56 Å². The third kappa shape index (κ3) is 4.16. The van der Waals surface area contributed by atoms with Crippen LogP contribution in [0.15, 0.2) is 18.3 Å². The van der Waals surface area contributed by atoms with Gasteiger partial charge in [0.05, 0.1) is 6.61 Å². The lowest BCUT2D eigenvalue weighted by Gasteiger charge is -2.14. The molecule has 0 fully saturated rings. The zero-order valence-corrected chi connectivity index (χ0v) is 10.1. The fraction of sp³-hybridized carbons (Fsp3) is 0.583. The minimum atomic E-state index is 0.00222. The maximum Gasteiger partial charge on any atom is 0.213 e. The van der Waals surface area contributed by atoms with Crippen LogP contribution in [0.3, 0.4) is 0 Å². The van der Waals surface area contributed by atoms with Crippen molar-refractivity contribution in [3.63, 3.8) is 0 Å². The summed E-state index contributed by atoms with van der Waals surface area (Å²) >= 11 is 0. The first-order valence-electron chi connectivity index (χ1n) is 5.59. The van der Waals surface area contributed by atoms with E-state index in [1.807, 2.05) is 32.9 Å². The average Bonchev–Trinajstić information content (AvgIpc) is 2.27. The second kappa shape index (κ2) is 6.45. The van der Waals surface area contributed by atoms with Gasteiger partial charge in [-0.25, -0.2) is 4.98 Å². The Balaban J connectivity index is 2.48. The Kier molecular flexibility index (Phi) is 5.22. The van der Waals surface area contributed by atoms with Gasteiger partial charge < -0.3 is 15.2 Å². The fourth-order valence-electron chi connectivity index (χ4n) is 1.25. The van der Waals surface area contributed by atoms with Crippen LogP contribution < -0.4 is 10.5 Å². The summed E-state index contributed by atoms with van der Waals surface area (Å²) < 4.78 is 10.8. The molecule has 4 heteroatoms. The lowest BCUT2D eigenvalue weighted by Crippen LogP contribution is -2.19. The Bertz CT molecular complexity index is 298. The lowest BCUT2D eigenvalue weighted by atomic mass is 10.2. The highest BCUT2D eigenvalue weighted by molar-refractivity contribution is 5.20. The van der Waals surface area contributed by atoms with Gasteiger partial charge in [0.2, 0.25) is 5.88 Å². The van der Waals surface area contributed by atoms with Gasteiger partial charge in [-0.15, -0.1) is 0 Å². The van der Waals surface area contributed by atoms with Crippen molar-refractivity contribution in [1.29, 1.82) is 0 Å². The molecule has 0 aliphatic heterocycles. The summed E-state index contributed by atoms with van der Waals surface area (Å²) in [5.74, 6) is 0.608. The third-order valence-electron chi connectivity index (χ3n) is 2.16. The molecule has 1 aromatic rings. The molecule has 0 aliphatic carbocycles. The Hall–Kier alpha value is -1.13. The number of hydrogen-bond acceptors (Lipinski definition) is 4. The highest BCUT2D eigenvalue weighted by atomic mass is 16.5. The standard InChI is InChI=1S/C12H20N2O2/c1-4-15-8-9(2)16-12-6-5-11(7-14-12)10(3)13/h5-7,9-10H,4,8,13H2,1-3H3. The number of nitrogens with two attached hydrogens (primary N) is 1. The molecule has 16 heavy (non-hydrogen) atoms. The first-order chi connectivity index (χ1) is 7.63. The summed E-state index contributed by atoms with van der Waals surface area (Å²) in [7, 11) is 0. The Labute approximate surface area is 96.8 Å². The number of hydrogen-bond donors (Lipinski definition) is 1. The van der Waals surface area contributed by atoms with Crippen molar-refractivity contribution in [2.45, 2.75) is 32.9 Å². The van der Waals surface area contributed by atoms with Crippen molar-refractivity contribution in [3.05, 3.63) is 23.9 Å². The van der Waals surface area contributed by atoms with E-state index in [1.54, 1.807) is 6.20 Å². The molecular formula is C12H20N2O2. The van der Waals surface area contributed by atoms with Crippen LogP contribution in [0.4, 0.5) is 0 Å². The van der Waals surface area contributed by atoms with E-state index in [-0.39, 0.29) is 12.1 Å². The first kappa shape index (κ1) is 12.9. The Morgan fingerprint density at radius 2 is 2.12 bits per heavy atom. The molecule has 2 atom stereocenters. The number of ether oxygens (including phenoxy) is 2. The van der Waals surface area contributed by atoms with Crippen LogP contribution in [0.1, 0.15) is 32.4 Å². The summed E-state index contributed by atoms with van der Waals surface area (Å²) in [5, 5.41) is 0. The molecular weight excluding hydrogens is 204 g/mol. The first-order valence-corrected chi connectivity index (χ1v) is 5.59. The van der Waals surface area contributed by atoms with Crippen LogP contribution in [0, 0.1) is 0 Å². The maximum atomic E-state index is 5.73. The zero-order chi connectivity index (χ0) is 12.0. The highest BCUT2D eigenvalue weighted by Gasteiger charge is 2.05. The molecule has 4 nitrogen and oxygen atoms in total. The summed E-state index contributed by atoms with van der Waals surface area (Å²) in [5.41, 5.74) is 6.73. The van der Waals surface area contributed by atoms with Crippen molar-refractivity contribution >= 4 is 0 Å². The van der Waals surface area contributed by atoms with E-state index in [1.165, 1.54) is 0 Å². The molecule has 2 N–H and O–H groups in total. The molecule has 90 valence electrons. The summed E-state index contributed by atoms with van der Waals surface area (Å²) in [6.07, 6.45) is 1.75. The number of rotatable bonds is 6. The fourth-order valence-corrected chi connectivity index (χ4v) is 1.25. The van der Waals surface area contributed by atoms with Crippen molar-refractivity contribution in [2.24, 2.45) is 5.73 Å². The minimum absolute atomic E-state index is 0.00222. The largest absolute Gasteiger partial charge is 0.472 e. The van der Waals surface area contributed by atoms with Gasteiger partial charge in [-0.3, -0.25) is 0 Å². The molecule has 1 rings (SSSR count). The van der Waals surface area contributed by atoms with Crippen LogP contribution in [0.25, 0.3) is 0 Å². The van der Waals surface area contributed by atoms with Gasteiger partial charge in [-0.2, -0.15) is 0 Å². The van der Waals surface area contributed by atoms with Gasteiger partial charge >= 0.3 is 0 Å². The van der Waals surface area contributed by atoms with Crippen LogP contribution in [0.2, 0.25) is 0 Å². The zero-order valence-electron chi connectivity index (χ0n) is 10.1. The monoisotopic (exact) mass is 224 g/mol. The molecule has 0 saturated carbocycles. The molecule has 0 amide bonds. The second-order valence-corrected chi connectivity index (χ2v) is 3.81. The normalized spacial score (nSPS) is 14.5. The summed E-state index contributed by atoms with van der Waals surface area (Å²) in [4.78, 5) is 4.19. The average molecular weight is 224 g/mol. The molecule has 2 unspecified atom stereocenters. The predicted molar refractivity (Wildman–Crippen MR) is 63.4 cm³/mol. The van der Waals surface area contributed by atoms with Crippen molar-refractivity contribution < 1.29 is 9.47 Å². The highest BCUT2D eigenvalue weighted by Crippen LogP contribution is 2.13. The van der Waals surface area contributed by atoms with E-state index in [4.69, 9.17) is 15.2 Å². The van der Waals surface area contributed by atoms with Crippen molar-refractivity contribution in [2.75, 3.05) is 13.2 Å². The summed E-state index contributed by atoms with van der Waals surface area (Å²) in [6.45, 7) is 7.12. The van der Waals surface area contributed by atoms with E-state index in [2.05, 4.69) is 4.98 Å². The van der Waals surface area contributed by atoms with Gasteiger partial charge in [0.25, 0.3) is 0 Å². The van der Waals surface area contributed by atoms with Gasteiger partial charge in [0.15, 0.2) is 0 Å². The van der Waals surface area contributed by atoms with Crippen LogP contribution in [-0.4, -0.2) is 24.3 Å². The SMILES string of the molecule is CCOCC(C)Oc1ccc(C(C)N)cn1. The molecule has 1 heterocycles. The lowest BCUT2D eigenvalue weighted by molar-refractivity contribution is 0.0633. The van der Waals surface area contributed by atoms with Crippen molar-refractivity contribution in [1.82, 2.24) is 4.98 Å². The molecule has 0 aromatic carbocycles. The van der Waals surface area contributed by atoms with Crippen LogP contribution in [-0.2, 0) is 4.74 Å². The van der Waals surface area contributed by atoms with Crippen LogP contribution in [0.5, 0.6) is 5.88 Å². The Morgan fingerprint density at radius 3 is 2.62 bits per heavy atom. The molecule has 0 bridgehead atoms. The second-order valence-electron chi connectivity index (χ2n) is 3.81. The van der Waals surface area contributed by atoms with Crippen molar-refractivity contribution in [3.8, 4) is 5.88 Å². The summed E-state index contributed by atoms with van der Waals surface area (Å²) in [6, 6.07) is 3.77. The van der Waals surface area contributed by atoms with E-state index < -0.39 is 0 Å². The Morgan fingerprint density at radius 1 is 1.38 bits per heavy atom. The molecule has 0 aliphatic rings. The van der Waals surface area contributed by atoms with Gasteiger partial charge in [0.1, 0.15) is 6.10 Å². The topological polar surface area (TPSA) is 57.4 Å². The van der Waals surface area contributed by atoms with Gasteiger partial charge in [-0.05, 0) is 26.3 Å². The van der Waals surface area contributed by atoms with E-state index in [9.17, 15) is 0 Å². The number of nitrogens with zero attached hydrogens (tertiary/aromatic N) is 1. The molecule has 1 aromatic heterocycles. The minimum Gasteiger partial charge on any atom is -0.472 e. The quantitative estimate of drug-likeness (QED) is 0.802. The van der Waals surface area contributed by atoms with E-state index in [0.29, 0.717) is 19.1 Å². The third-order valence-corrected chi connectivity index (χ3v) is 2.16. The smallest absolute Gasteiger partial charge is 0.213 e. The molecule has 0 spiro atoms. The van der Waals surface area contributed by atoms with Gasteiger partial charge in [0, 0.05) is 24.9 Å².